The minimum absolute atomic E-state index is 0.0718. The topological polar surface area (TPSA) is 97.3 Å². The number of pyridine rings is 1. The summed E-state index contributed by atoms with van der Waals surface area (Å²) in [6.45, 7) is 8.29. The van der Waals surface area contributed by atoms with Crippen LogP contribution in [-0.4, -0.2) is 50.4 Å². The van der Waals surface area contributed by atoms with Crippen LogP contribution < -0.4 is 5.32 Å². The zero-order valence-electron chi connectivity index (χ0n) is 19.0. The molecule has 0 aliphatic carbocycles. The first-order valence-electron chi connectivity index (χ1n) is 10.7. The van der Waals surface area contributed by atoms with Crippen molar-refractivity contribution in [2.24, 2.45) is 5.92 Å². The summed E-state index contributed by atoms with van der Waals surface area (Å²) >= 11 is 1.40. The zero-order chi connectivity index (χ0) is 23.8. The SMILES string of the molecule is C[C@H](Nc1nc(C(=O)N2CC(CC(=O)OC(C)(C)C)C2)c2sccc2n1)c1cncc(F)c1. The summed E-state index contributed by atoms with van der Waals surface area (Å²) in [5.74, 6) is -0.526. The van der Waals surface area contributed by atoms with E-state index in [0.29, 0.717) is 34.6 Å². The molecule has 1 saturated heterocycles. The summed E-state index contributed by atoms with van der Waals surface area (Å²) < 4.78 is 19.6. The highest BCUT2D eigenvalue weighted by molar-refractivity contribution is 7.17. The molecule has 0 radical (unpaired) electrons. The van der Waals surface area contributed by atoms with E-state index < -0.39 is 11.4 Å². The summed E-state index contributed by atoms with van der Waals surface area (Å²) in [7, 11) is 0. The van der Waals surface area contributed by atoms with Crippen molar-refractivity contribution in [1.29, 1.82) is 0 Å². The van der Waals surface area contributed by atoms with Crippen LogP contribution in [0.3, 0.4) is 0 Å². The second kappa shape index (κ2) is 9.01. The van der Waals surface area contributed by atoms with Gasteiger partial charge >= 0.3 is 5.97 Å². The molecule has 174 valence electrons. The summed E-state index contributed by atoms with van der Waals surface area (Å²) in [6.07, 6.45) is 3.00. The summed E-state index contributed by atoms with van der Waals surface area (Å²) in [5, 5.41) is 5.00. The van der Waals surface area contributed by atoms with Gasteiger partial charge in [-0.15, -0.1) is 11.3 Å². The first-order chi connectivity index (χ1) is 15.6. The number of halogens is 1. The van der Waals surface area contributed by atoms with Gasteiger partial charge in [-0.2, -0.15) is 0 Å². The molecule has 1 N–H and O–H groups in total. The van der Waals surface area contributed by atoms with Gasteiger partial charge in [-0.3, -0.25) is 14.6 Å². The predicted octanol–water partition coefficient (Wildman–Crippen LogP) is 4.20. The average molecular weight is 472 g/mol. The molecular weight excluding hydrogens is 445 g/mol. The van der Waals surface area contributed by atoms with E-state index in [4.69, 9.17) is 4.74 Å². The number of anilines is 1. The van der Waals surface area contributed by atoms with Gasteiger partial charge in [-0.1, -0.05) is 0 Å². The van der Waals surface area contributed by atoms with E-state index in [1.807, 2.05) is 39.1 Å². The van der Waals surface area contributed by atoms with Gasteiger partial charge in [0, 0.05) is 25.2 Å². The number of nitrogens with one attached hydrogen (secondary N) is 1. The number of rotatable bonds is 6. The molecule has 1 fully saturated rings. The molecular formula is C23H26FN5O3S. The second-order valence-electron chi connectivity index (χ2n) is 9.20. The number of ether oxygens (including phenoxy) is 1. The van der Waals surface area contributed by atoms with Crippen LogP contribution >= 0.6 is 11.3 Å². The molecule has 3 aromatic heterocycles. The lowest BCUT2D eigenvalue weighted by molar-refractivity contribution is -0.157. The molecule has 1 atom stereocenters. The number of hydrogen-bond donors (Lipinski definition) is 1. The van der Waals surface area contributed by atoms with Gasteiger partial charge < -0.3 is 15.0 Å². The van der Waals surface area contributed by atoms with Crippen molar-refractivity contribution in [3.05, 3.63) is 47.0 Å². The van der Waals surface area contributed by atoms with Crippen LogP contribution in [0.4, 0.5) is 10.3 Å². The van der Waals surface area contributed by atoms with E-state index in [0.717, 1.165) is 6.20 Å². The van der Waals surface area contributed by atoms with E-state index in [2.05, 4.69) is 20.3 Å². The highest BCUT2D eigenvalue weighted by Gasteiger charge is 2.35. The predicted molar refractivity (Wildman–Crippen MR) is 124 cm³/mol. The molecule has 4 heterocycles. The molecule has 3 aromatic rings. The van der Waals surface area contributed by atoms with E-state index in [1.165, 1.54) is 17.4 Å². The minimum atomic E-state index is -0.524. The van der Waals surface area contributed by atoms with E-state index >= 15 is 0 Å². The fourth-order valence-electron chi connectivity index (χ4n) is 3.65. The molecule has 1 aliphatic heterocycles. The lowest BCUT2D eigenvalue weighted by Gasteiger charge is -2.39. The maximum absolute atomic E-state index is 13.5. The van der Waals surface area contributed by atoms with Gasteiger partial charge in [-0.25, -0.2) is 14.4 Å². The summed E-state index contributed by atoms with van der Waals surface area (Å²) in [5.41, 5.74) is 1.10. The van der Waals surface area contributed by atoms with Gasteiger partial charge in [-0.05, 0) is 50.8 Å². The first-order valence-corrected chi connectivity index (χ1v) is 11.6. The number of hydrogen-bond acceptors (Lipinski definition) is 8. The Morgan fingerprint density at radius 1 is 1.30 bits per heavy atom. The molecule has 0 unspecified atom stereocenters. The zero-order valence-corrected chi connectivity index (χ0v) is 19.8. The van der Waals surface area contributed by atoms with Gasteiger partial charge in [0.1, 0.15) is 11.4 Å². The third-order valence-electron chi connectivity index (χ3n) is 5.20. The molecule has 0 spiro atoms. The van der Waals surface area contributed by atoms with Gasteiger partial charge in [0.15, 0.2) is 5.69 Å². The van der Waals surface area contributed by atoms with Crippen LogP contribution in [0.15, 0.2) is 29.9 Å². The normalized spacial score (nSPS) is 15.2. The second-order valence-corrected chi connectivity index (χ2v) is 10.1. The molecule has 33 heavy (non-hydrogen) atoms. The van der Waals surface area contributed by atoms with Crippen LogP contribution in [0.1, 0.15) is 56.2 Å². The Balaban J connectivity index is 1.46. The number of aromatic nitrogens is 3. The number of nitrogens with zero attached hydrogens (tertiary/aromatic N) is 4. The number of amides is 1. The van der Waals surface area contributed by atoms with Crippen LogP contribution in [0.2, 0.25) is 0 Å². The Labute approximate surface area is 195 Å². The van der Waals surface area contributed by atoms with Crippen LogP contribution in [-0.2, 0) is 9.53 Å². The first kappa shape index (κ1) is 23.0. The number of likely N-dealkylation sites (tertiary alicyclic amines) is 1. The maximum atomic E-state index is 13.5. The van der Waals surface area contributed by atoms with Gasteiger partial charge in [0.25, 0.3) is 5.91 Å². The highest BCUT2D eigenvalue weighted by Crippen LogP contribution is 2.29. The van der Waals surface area contributed by atoms with Crippen molar-refractivity contribution in [2.45, 2.75) is 45.8 Å². The number of esters is 1. The molecule has 1 amide bonds. The van der Waals surface area contributed by atoms with Crippen molar-refractivity contribution in [1.82, 2.24) is 19.9 Å². The number of carbonyl (C=O) groups excluding carboxylic acids is 2. The Hall–Kier alpha value is -3.14. The standard InChI is InChI=1S/C23H26FN5O3S/c1-13(15-8-16(24)10-25-9-15)26-22-27-17-5-6-33-20(17)19(28-22)21(31)29-11-14(12-29)7-18(30)32-23(2,3)4/h5-6,8-10,13-14H,7,11-12H2,1-4H3,(H,26,27,28)/t13-/m0/s1. The van der Waals surface area contributed by atoms with Gasteiger partial charge in [0.2, 0.25) is 5.95 Å². The Morgan fingerprint density at radius 2 is 2.06 bits per heavy atom. The van der Waals surface area contributed by atoms with Crippen molar-refractivity contribution in [3.63, 3.8) is 0 Å². The van der Waals surface area contributed by atoms with Crippen LogP contribution in [0.5, 0.6) is 0 Å². The van der Waals surface area contributed by atoms with E-state index in [9.17, 15) is 14.0 Å². The average Bonchev–Trinajstić information content (AvgIpc) is 3.16. The van der Waals surface area contributed by atoms with E-state index in [-0.39, 0.29) is 36.2 Å². The Bertz CT molecular complexity index is 1190. The quantitative estimate of drug-likeness (QED) is 0.538. The molecule has 8 nitrogen and oxygen atoms in total. The molecule has 0 saturated carbocycles. The molecule has 1 aliphatic rings. The van der Waals surface area contributed by atoms with Crippen LogP contribution in [0, 0.1) is 11.7 Å². The lowest BCUT2D eigenvalue weighted by atomic mass is 9.96. The Morgan fingerprint density at radius 3 is 2.76 bits per heavy atom. The summed E-state index contributed by atoms with van der Waals surface area (Å²) in [6, 6.07) is 2.92. The highest BCUT2D eigenvalue weighted by atomic mass is 32.1. The lowest BCUT2D eigenvalue weighted by Crippen LogP contribution is -2.51. The van der Waals surface area contributed by atoms with E-state index in [1.54, 1.807) is 11.1 Å². The minimum Gasteiger partial charge on any atom is -0.460 e. The number of fused-ring (bicyclic) bond motifs is 1. The fourth-order valence-corrected chi connectivity index (χ4v) is 4.46. The summed E-state index contributed by atoms with van der Waals surface area (Å²) in [4.78, 5) is 39.8. The van der Waals surface area contributed by atoms with Crippen LogP contribution in [0.25, 0.3) is 10.2 Å². The van der Waals surface area contributed by atoms with Gasteiger partial charge in [0.05, 0.1) is 28.9 Å². The molecule has 4 rings (SSSR count). The molecule has 0 bridgehead atoms. The monoisotopic (exact) mass is 471 g/mol. The molecule has 10 heteroatoms. The third-order valence-corrected chi connectivity index (χ3v) is 6.11. The fraction of sp³-hybridized carbons (Fsp3) is 0.435. The maximum Gasteiger partial charge on any atom is 0.306 e. The van der Waals surface area contributed by atoms with Crippen molar-refractivity contribution in [2.75, 3.05) is 18.4 Å². The third kappa shape index (κ3) is 5.44. The largest absolute Gasteiger partial charge is 0.460 e. The van der Waals surface area contributed by atoms with Crippen molar-refractivity contribution >= 4 is 39.4 Å². The smallest absolute Gasteiger partial charge is 0.306 e. The van der Waals surface area contributed by atoms with Crippen molar-refractivity contribution < 1.29 is 18.7 Å². The molecule has 0 aromatic carbocycles. The van der Waals surface area contributed by atoms with Crippen molar-refractivity contribution in [3.8, 4) is 0 Å². The Kier molecular flexibility index (Phi) is 6.29. The number of thiophene rings is 1. The number of carbonyl (C=O) groups is 2.